The van der Waals surface area contributed by atoms with Gasteiger partial charge in [-0.15, -0.1) is 5.10 Å². The topological polar surface area (TPSA) is 59.8 Å². The van der Waals surface area contributed by atoms with Gasteiger partial charge in [-0.2, -0.15) is 18.3 Å². The summed E-state index contributed by atoms with van der Waals surface area (Å²) in [6.07, 6.45) is -6.97. The van der Waals surface area contributed by atoms with Crippen molar-refractivity contribution < 1.29 is 26.3 Å². The van der Waals surface area contributed by atoms with Crippen LogP contribution >= 0.6 is 0 Å². The Bertz CT molecular complexity index is 1250. The van der Waals surface area contributed by atoms with Crippen molar-refractivity contribution >= 4 is 16.6 Å². The number of halogens is 6. The number of rotatable bonds is 5. The quantitative estimate of drug-likeness (QED) is 0.523. The van der Waals surface area contributed by atoms with Gasteiger partial charge < -0.3 is 5.32 Å². The van der Waals surface area contributed by atoms with Crippen LogP contribution in [0.15, 0.2) is 35.3 Å². The van der Waals surface area contributed by atoms with E-state index in [0.717, 1.165) is 18.3 Å². The van der Waals surface area contributed by atoms with Crippen molar-refractivity contribution in [1.82, 2.24) is 14.8 Å². The molecular weight excluding hydrogens is 438 g/mol. The Morgan fingerprint density at radius 3 is 2.38 bits per heavy atom. The molecule has 0 radical (unpaired) electrons. The fraction of sp³-hybridized carbons (Fsp3) is 0.381. The van der Waals surface area contributed by atoms with Gasteiger partial charge in [-0.05, 0) is 26.7 Å². The summed E-state index contributed by atoms with van der Waals surface area (Å²) in [4.78, 5) is 12.5. The van der Waals surface area contributed by atoms with Crippen LogP contribution in [0.25, 0.3) is 10.8 Å². The van der Waals surface area contributed by atoms with Gasteiger partial charge in [-0.25, -0.2) is 13.2 Å². The fourth-order valence-electron chi connectivity index (χ4n) is 3.83. The summed E-state index contributed by atoms with van der Waals surface area (Å²) in [6.45, 7) is 3.05. The molecule has 0 aliphatic heterocycles. The van der Waals surface area contributed by atoms with Crippen LogP contribution in [0.1, 0.15) is 49.1 Å². The number of benzene rings is 1. The first-order valence-corrected chi connectivity index (χ1v) is 9.76. The zero-order valence-corrected chi connectivity index (χ0v) is 17.0. The molecule has 170 valence electrons. The van der Waals surface area contributed by atoms with E-state index in [1.54, 1.807) is 6.92 Å². The van der Waals surface area contributed by atoms with Crippen molar-refractivity contribution in [2.24, 2.45) is 0 Å². The lowest BCUT2D eigenvalue weighted by Crippen LogP contribution is -2.41. The van der Waals surface area contributed by atoms with Crippen molar-refractivity contribution in [2.45, 2.75) is 50.9 Å². The number of aryl methyl sites for hydroxylation is 1. The van der Waals surface area contributed by atoms with Crippen LogP contribution in [0.2, 0.25) is 0 Å². The number of alkyl halides is 5. The molecule has 0 saturated heterocycles. The Kier molecular flexibility index (Phi) is 5.17. The van der Waals surface area contributed by atoms with Crippen LogP contribution in [-0.4, -0.2) is 20.9 Å². The third kappa shape index (κ3) is 3.49. The van der Waals surface area contributed by atoms with E-state index in [-0.39, 0.29) is 35.0 Å². The van der Waals surface area contributed by atoms with Gasteiger partial charge in [0.2, 0.25) is 0 Å². The molecule has 0 spiro atoms. The molecule has 2 aromatic heterocycles. The van der Waals surface area contributed by atoms with E-state index in [0.29, 0.717) is 10.3 Å². The second-order valence-electron chi connectivity index (χ2n) is 7.89. The molecule has 0 amide bonds. The fourth-order valence-corrected chi connectivity index (χ4v) is 3.83. The number of fused-ring (bicyclic) bond motifs is 1. The lowest BCUT2D eigenvalue weighted by atomic mass is 10.0. The molecule has 32 heavy (non-hydrogen) atoms. The van der Waals surface area contributed by atoms with Gasteiger partial charge in [0.15, 0.2) is 5.82 Å². The van der Waals surface area contributed by atoms with Gasteiger partial charge in [0.1, 0.15) is 11.4 Å². The highest BCUT2D eigenvalue weighted by molar-refractivity contribution is 5.92. The van der Waals surface area contributed by atoms with E-state index in [9.17, 15) is 31.1 Å². The Labute approximate surface area is 178 Å². The van der Waals surface area contributed by atoms with Crippen LogP contribution in [0, 0.1) is 12.7 Å². The average molecular weight is 456 g/mol. The summed E-state index contributed by atoms with van der Waals surface area (Å²) in [5, 5.41) is 11.2. The first kappa shape index (κ1) is 22.1. The number of nitrogens with zero attached hydrogens (tertiary/aromatic N) is 3. The molecule has 1 aromatic carbocycles. The lowest BCUT2D eigenvalue weighted by Gasteiger charge is -2.23. The molecular formula is C21H18F6N4O. The highest BCUT2D eigenvalue weighted by Gasteiger charge is 2.65. The van der Waals surface area contributed by atoms with E-state index < -0.39 is 41.1 Å². The number of pyridine rings is 1. The van der Waals surface area contributed by atoms with Gasteiger partial charge in [-0.1, -0.05) is 18.2 Å². The average Bonchev–Trinajstić information content (AvgIpc) is 3.52. The van der Waals surface area contributed by atoms with Gasteiger partial charge in [0, 0.05) is 28.6 Å². The Balaban J connectivity index is 1.81. The van der Waals surface area contributed by atoms with Crippen LogP contribution < -0.4 is 10.9 Å². The zero-order chi connectivity index (χ0) is 23.4. The number of aromatic nitrogens is 3. The Morgan fingerprint density at radius 1 is 1.12 bits per heavy atom. The van der Waals surface area contributed by atoms with E-state index in [4.69, 9.17) is 0 Å². The SMILES string of the molecule is Cc1nnc(N[C@H](C)c2cccc(C(F)F)c2F)c2cn(C3(C(F)(F)F)CC3)c(=O)cc12. The third-order valence-corrected chi connectivity index (χ3v) is 5.82. The maximum Gasteiger partial charge on any atom is 0.412 e. The second kappa shape index (κ2) is 7.49. The van der Waals surface area contributed by atoms with Crippen molar-refractivity contribution in [3.05, 3.63) is 63.5 Å². The van der Waals surface area contributed by atoms with E-state index >= 15 is 0 Å². The predicted octanol–water partition coefficient (Wildman–Crippen LogP) is 5.40. The Morgan fingerprint density at radius 2 is 1.78 bits per heavy atom. The second-order valence-corrected chi connectivity index (χ2v) is 7.89. The molecule has 2 heterocycles. The van der Waals surface area contributed by atoms with E-state index in [1.165, 1.54) is 19.1 Å². The van der Waals surface area contributed by atoms with Gasteiger partial charge >= 0.3 is 6.18 Å². The zero-order valence-electron chi connectivity index (χ0n) is 17.0. The van der Waals surface area contributed by atoms with E-state index in [1.807, 2.05) is 0 Å². The summed E-state index contributed by atoms with van der Waals surface area (Å²) in [5.41, 5.74) is -3.59. The Hall–Kier alpha value is -3.11. The summed E-state index contributed by atoms with van der Waals surface area (Å²) < 4.78 is 82.1. The van der Waals surface area contributed by atoms with Gasteiger partial charge in [-0.3, -0.25) is 9.36 Å². The van der Waals surface area contributed by atoms with E-state index in [2.05, 4.69) is 15.5 Å². The first-order valence-electron chi connectivity index (χ1n) is 9.76. The normalized spacial score (nSPS) is 16.4. The summed E-state index contributed by atoms with van der Waals surface area (Å²) in [6, 6.07) is 3.78. The van der Waals surface area contributed by atoms with Crippen LogP contribution in [0.3, 0.4) is 0 Å². The molecule has 1 N–H and O–H groups in total. The maximum absolute atomic E-state index is 14.5. The maximum atomic E-state index is 14.5. The van der Waals surface area contributed by atoms with Crippen molar-refractivity contribution in [3.8, 4) is 0 Å². The van der Waals surface area contributed by atoms with Crippen LogP contribution in [0.5, 0.6) is 0 Å². The largest absolute Gasteiger partial charge is 0.412 e. The van der Waals surface area contributed by atoms with Crippen molar-refractivity contribution in [1.29, 1.82) is 0 Å². The van der Waals surface area contributed by atoms with Gasteiger partial charge in [0.05, 0.1) is 17.3 Å². The molecule has 1 saturated carbocycles. The number of hydrogen-bond donors (Lipinski definition) is 1. The van der Waals surface area contributed by atoms with Crippen LogP contribution in [0.4, 0.5) is 32.2 Å². The van der Waals surface area contributed by atoms with Crippen molar-refractivity contribution in [3.63, 3.8) is 0 Å². The molecule has 1 aliphatic carbocycles. The van der Waals surface area contributed by atoms with Crippen LogP contribution in [-0.2, 0) is 5.54 Å². The number of nitrogens with one attached hydrogen (secondary N) is 1. The summed E-state index contributed by atoms with van der Waals surface area (Å²) in [5.74, 6) is -1.08. The molecule has 5 nitrogen and oxygen atoms in total. The minimum Gasteiger partial charge on any atom is -0.361 e. The monoisotopic (exact) mass is 456 g/mol. The molecule has 1 aliphatic rings. The molecule has 0 bridgehead atoms. The predicted molar refractivity (Wildman–Crippen MR) is 105 cm³/mol. The highest BCUT2D eigenvalue weighted by Crippen LogP contribution is 2.55. The minimum atomic E-state index is -4.61. The summed E-state index contributed by atoms with van der Waals surface area (Å²) in [7, 11) is 0. The molecule has 4 rings (SSSR count). The highest BCUT2D eigenvalue weighted by atomic mass is 19.4. The molecule has 1 fully saturated rings. The lowest BCUT2D eigenvalue weighted by molar-refractivity contribution is -0.180. The number of anilines is 1. The van der Waals surface area contributed by atoms with Gasteiger partial charge in [0.25, 0.3) is 12.0 Å². The standard InChI is InChI=1S/C21H18F6N4O/c1-10(12-4-3-5-13(17(12)22)18(23)24)28-19-15-9-31(20(6-7-20)21(25,26)27)16(32)8-14(15)11(2)29-30-19/h3-5,8-10,18H,6-7H2,1-2H3,(H,28,30)/t10-/m1/s1. The van der Waals surface area contributed by atoms with Crippen molar-refractivity contribution in [2.75, 3.05) is 5.32 Å². The minimum absolute atomic E-state index is 0.00618. The molecule has 0 unspecified atom stereocenters. The third-order valence-electron chi connectivity index (χ3n) is 5.82. The molecule has 11 heteroatoms. The smallest absolute Gasteiger partial charge is 0.361 e. The number of hydrogen-bond acceptors (Lipinski definition) is 4. The molecule has 3 aromatic rings. The first-order chi connectivity index (χ1) is 15.0. The molecule has 1 atom stereocenters. The summed E-state index contributed by atoms with van der Waals surface area (Å²) >= 11 is 0.